The molecule has 0 bridgehead atoms. The molecular formula is C13H20F3N3. The summed E-state index contributed by atoms with van der Waals surface area (Å²) in [4.78, 5) is 5.50. The van der Waals surface area contributed by atoms with Gasteiger partial charge >= 0.3 is 6.18 Å². The predicted octanol–water partition coefficient (Wildman–Crippen LogP) is 2.91. The van der Waals surface area contributed by atoms with Gasteiger partial charge in [-0.15, -0.1) is 0 Å². The smallest absolute Gasteiger partial charge is 0.356 e. The van der Waals surface area contributed by atoms with Crippen molar-refractivity contribution in [2.45, 2.75) is 26.9 Å². The molecule has 0 aliphatic carbocycles. The third kappa shape index (κ3) is 4.38. The molecule has 1 aromatic heterocycles. The number of alkyl halides is 3. The van der Waals surface area contributed by atoms with E-state index >= 15 is 0 Å². The summed E-state index contributed by atoms with van der Waals surface area (Å²) in [5, 5.41) is 0. The van der Waals surface area contributed by atoms with Crippen molar-refractivity contribution in [3.8, 4) is 0 Å². The molecular weight excluding hydrogens is 255 g/mol. The largest absolute Gasteiger partial charge is 0.433 e. The summed E-state index contributed by atoms with van der Waals surface area (Å²) in [6, 6.07) is 3.94. The maximum Gasteiger partial charge on any atom is 0.433 e. The van der Waals surface area contributed by atoms with Gasteiger partial charge in [0.15, 0.2) is 0 Å². The van der Waals surface area contributed by atoms with Crippen LogP contribution in [-0.2, 0) is 6.18 Å². The Balaban J connectivity index is 3.00. The molecule has 6 heteroatoms. The first-order valence-corrected chi connectivity index (χ1v) is 6.19. The third-order valence-corrected chi connectivity index (χ3v) is 2.90. The van der Waals surface area contributed by atoms with Crippen LogP contribution in [0.2, 0.25) is 0 Å². The Morgan fingerprint density at radius 1 is 1.26 bits per heavy atom. The zero-order valence-electron chi connectivity index (χ0n) is 11.5. The van der Waals surface area contributed by atoms with Gasteiger partial charge in [0.2, 0.25) is 0 Å². The summed E-state index contributed by atoms with van der Waals surface area (Å²) in [7, 11) is 0. The van der Waals surface area contributed by atoms with E-state index in [0.717, 1.165) is 6.07 Å². The van der Waals surface area contributed by atoms with Crippen LogP contribution in [0.1, 0.15) is 26.5 Å². The molecule has 0 aliphatic heterocycles. The van der Waals surface area contributed by atoms with Crippen molar-refractivity contribution >= 4 is 5.82 Å². The fourth-order valence-electron chi connectivity index (χ4n) is 1.69. The van der Waals surface area contributed by atoms with Crippen LogP contribution in [-0.4, -0.2) is 24.6 Å². The molecule has 0 amide bonds. The van der Waals surface area contributed by atoms with Gasteiger partial charge in [0.1, 0.15) is 11.5 Å². The second-order valence-corrected chi connectivity index (χ2v) is 5.26. The lowest BCUT2D eigenvalue weighted by molar-refractivity contribution is -0.141. The molecule has 0 radical (unpaired) electrons. The van der Waals surface area contributed by atoms with Crippen molar-refractivity contribution in [3.05, 3.63) is 23.9 Å². The highest BCUT2D eigenvalue weighted by molar-refractivity contribution is 5.40. The molecule has 0 fully saturated rings. The van der Waals surface area contributed by atoms with Gasteiger partial charge in [0.25, 0.3) is 0 Å². The molecule has 108 valence electrons. The fourth-order valence-corrected chi connectivity index (χ4v) is 1.69. The van der Waals surface area contributed by atoms with Crippen LogP contribution < -0.4 is 10.6 Å². The number of aromatic nitrogens is 1. The Kier molecular flexibility index (Phi) is 4.79. The van der Waals surface area contributed by atoms with Gasteiger partial charge in [0, 0.05) is 13.1 Å². The zero-order valence-corrected chi connectivity index (χ0v) is 11.5. The molecule has 0 aromatic carbocycles. The number of anilines is 1. The standard InChI is InChI=1S/C13H20F3N3/c1-4-19(9-12(2,3)8-17)11-7-5-6-10(18-11)13(14,15)16/h5-7H,4,8-9,17H2,1-3H3. The topological polar surface area (TPSA) is 42.1 Å². The molecule has 1 aromatic rings. The van der Waals surface area contributed by atoms with E-state index in [0.29, 0.717) is 25.5 Å². The molecule has 1 heterocycles. The van der Waals surface area contributed by atoms with Crippen LogP contribution in [0.25, 0.3) is 0 Å². The lowest BCUT2D eigenvalue weighted by Crippen LogP contribution is -2.39. The van der Waals surface area contributed by atoms with Crippen molar-refractivity contribution in [3.63, 3.8) is 0 Å². The van der Waals surface area contributed by atoms with Gasteiger partial charge in [-0.25, -0.2) is 4.98 Å². The molecule has 0 saturated heterocycles. The van der Waals surface area contributed by atoms with Crippen molar-refractivity contribution in [1.82, 2.24) is 4.98 Å². The molecule has 1 rings (SSSR count). The molecule has 0 aliphatic rings. The van der Waals surface area contributed by atoms with Gasteiger partial charge in [-0.2, -0.15) is 13.2 Å². The maximum atomic E-state index is 12.6. The van der Waals surface area contributed by atoms with Gasteiger partial charge in [-0.3, -0.25) is 0 Å². The highest BCUT2D eigenvalue weighted by atomic mass is 19.4. The molecule has 0 atom stereocenters. The summed E-state index contributed by atoms with van der Waals surface area (Å²) < 4.78 is 37.9. The highest BCUT2D eigenvalue weighted by Gasteiger charge is 2.33. The lowest BCUT2D eigenvalue weighted by Gasteiger charge is -2.32. The Morgan fingerprint density at radius 3 is 2.37 bits per heavy atom. The molecule has 2 N–H and O–H groups in total. The predicted molar refractivity (Wildman–Crippen MR) is 70.0 cm³/mol. The van der Waals surface area contributed by atoms with E-state index in [1.54, 1.807) is 6.07 Å². The van der Waals surface area contributed by atoms with Crippen LogP contribution >= 0.6 is 0 Å². The molecule has 0 saturated carbocycles. The van der Waals surface area contributed by atoms with E-state index in [4.69, 9.17) is 5.73 Å². The van der Waals surface area contributed by atoms with Crippen LogP contribution in [0.15, 0.2) is 18.2 Å². The van der Waals surface area contributed by atoms with Crippen LogP contribution in [0.4, 0.5) is 19.0 Å². The summed E-state index contributed by atoms with van der Waals surface area (Å²) in [5.41, 5.74) is 4.62. The maximum absolute atomic E-state index is 12.6. The van der Waals surface area contributed by atoms with E-state index in [2.05, 4.69) is 4.98 Å². The number of hydrogen-bond acceptors (Lipinski definition) is 3. The Bertz CT molecular complexity index is 416. The number of nitrogens with two attached hydrogens (primary N) is 1. The van der Waals surface area contributed by atoms with Crippen LogP contribution in [0.5, 0.6) is 0 Å². The first-order valence-electron chi connectivity index (χ1n) is 6.19. The fraction of sp³-hybridized carbons (Fsp3) is 0.615. The lowest BCUT2D eigenvalue weighted by atomic mass is 9.93. The minimum absolute atomic E-state index is 0.175. The normalized spacial score (nSPS) is 12.6. The van der Waals surface area contributed by atoms with Crippen molar-refractivity contribution in [2.75, 3.05) is 24.5 Å². The van der Waals surface area contributed by atoms with Gasteiger partial charge in [0.05, 0.1) is 0 Å². The van der Waals surface area contributed by atoms with Gasteiger partial charge in [-0.05, 0) is 31.0 Å². The summed E-state index contributed by atoms with van der Waals surface area (Å²) >= 11 is 0. The number of rotatable bonds is 5. The molecule has 0 unspecified atom stereocenters. The zero-order chi connectivity index (χ0) is 14.7. The van der Waals surface area contributed by atoms with Gasteiger partial charge < -0.3 is 10.6 Å². The van der Waals surface area contributed by atoms with E-state index in [1.165, 1.54) is 6.07 Å². The van der Waals surface area contributed by atoms with Crippen LogP contribution in [0.3, 0.4) is 0 Å². The first-order chi connectivity index (χ1) is 8.69. The third-order valence-electron chi connectivity index (χ3n) is 2.90. The monoisotopic (exact) mass is 275 g/mol. The minimum atomic E-state index is -4.42. The second kappa shape index (κ2) is 5.77. The van der Waals surface area contributed by atoms with E-state index < -0.39 is 11.9 Å². The number of nitrogens with zero attached hydrogens (tertiary/aromatic N) is 2. The first kappa shape index (κ1) is 15.8. The Labute approximate surface area is 111 Å². The number of hydrogen-bond donors (Lipinski definition) is 1. The Morgan fingerprint density at radius 2 is 1.89 bits per heavy atom. The molecule has 0 spiro atoms. The summed E-state index contributed by atoms with van der Waals surface area (Å²) in [6.45, 7) is 7.44. The second-order valence-electron chi connectivity index (χ2n) is 5.26. The van der Waals surface area contributed by atoms with Crippen LogP contribution in [0, 0.1) is 5.41 Å². The average molecular weight is 275 g/mol. The van der Waals surface area contributed by atoms with Crippen molar-refractivity contribution in [2.24, 2.45) is 11.1 Å². The average Bonchev–Trinajstić information content (AvgIpc) is 2.35. The van der Waals surface area contributed by atoms with Crippen molar-refractivity contribution in [1.29, 1.82) is 0 Å². The van der Waals surface area contributed by atoms with Crippen molar-refractivity contribution < 1.29 is 13.2 Å². The summed E-state index contributed by atoms with van der Waals surface area (Å²) in [6.07, 6.45) is -4.42. The van der Waals surface area contributed by atoms with Gasteiger partial charge in [-0.1, -0.05) is 19.9 Å². The molecule has 3 nitrogen and oxygen atoms in total. The summed E-state index contributed by atoms with van der Waals surface area (Å²) in [5.74, 6) is 0.332. The number of halogens is 3. The highest BCUT2D eigenvalue weighted by Crippen LogP contribution is 2.29. The quantitative estimate of drug-likeness (QED) is 0.898. The Hall–Kier alpha value is -1.30. The van der Waals surface area contributed by atoms with E-state index in [-0.39, 0.29) is 5.41 Å². The SMILES string of the molecule is CCN(CC(C)(C)CN)c1cccc(C(F)(F)F)n1. The minimum Gasteiger partial charge on any atom is -0.356 e. The molecule has 19 heavy (non-hydrogen) atoms. The van der Waals surface area contributed by atoms with E-state index in [9.17, 15) is 13.2 Å². The van der Waals surface area contributed by atoms with E-state index in [1.807, 2.05) is 25.7 Å². The number of pyridine rings is 1.